The SMILES string of the molecule is CO[C@@H]1C[C@@H](c2nc(C)c(C)[nH]2)N(Cc2ccc(F)cn2)C1. The quantitative estimate of drug-likeness (QED) is 0.943. The Morgan fingerprint density at radius 3 is 2.82 bits per heavy atom. The van der Waals surface area contributed by atoms with Crippen molar-refractivity contribution in [1.29, 1.82) is 0 Å². The predicted octanol–water partition coefficient (Wildman–Crippen LogP) is 2.52. The molecule has 1 fully saturated rings. The van der Waals surface area contributed by atoms with Crippen LogP contribution in [0.2, 0.25) is 0 Å². The van der Waals surface area contributed by atoms with Gasteiger partial charge in [-0.2, -0.15) is 0 Å². The molecule has 0 bridgehead atoms. The highest BCUT2D eigenvalue weighted by Gasteiger charge is 2.35. The van der Waals surface area contributed by atoms with E-state index in [0.717, 1.165) is 35.9 Å². The minimum absolute atomic E-state index is 0.171. The van der Waals surface area contributed by atoms with Gasteiger partial charge >= 0.3 is 0 Å². The number of pyridine rings is 1. The summed E-state index contributed by atoms with van der Waals surface area (Å²) in [4.78, 5) is 14.4. The second-order valence-corrected chi connectivity index (χ2v) is 5.84. The third-order valence-corrected chi connectivity index (χ3v) is 4.31. The molecule has 0 unspecified atom stereocenters. The molecule has 1 N–H and O–H groups in total. The zero-order valence-corrected chi connectivity index (χ0v) is 13.1. The van der Waals surface area contributed by atoms with E-state index in [9.17, 15) is 4.39 Å². The van der Waals surface area contributed by atoms with Crippen LogP contribution in [0.3, 0.4) is 0 Å². The highest BCUT2D eigenvalue weighted by molar-refractivity contribution is 5.15. The van der Waals surface area contributed by atoms with Crippen molar-refractivity contribution in [3.05, 3.63) is 47.1 Å². The Morgan fingerprint density at radius 2 is 2.23 bits per heavy atom. The second-order valence-electron chi connectivity index (χ2n) is 5.84. The van der Waals surface area contributed by atoms with Crippen LogP contribution in [0.25, 0.3) is 0 Å². The molecule has 6 heteroatoms. The summed E-state index contributed by atoms with van der Waals surface area (Å²) in [5.41, 5.74) is 2.97. The predicted molar refractivity (Wildman–Crippen MR) is 80.8 cm³/mol. The zero-order valence-electron chi connectivity index (χ0n) is 13.1. The van der Waals surface area contributed by atoms with Crippen LogP contribution in [-0.4, -0.2) is 39.6 Å². The highest BCUT2D eigenvalue weighted by atomic mass is 19.1. The maximum atomic E-state index is 13.0. The van der Waals surface area contributed by atoms with Crippen molar-refractivity contribution in [2.24, 2.45) is 0 Å². The first-order valence-corrected chi connectivity index (χ1v) is 7.47. The number of aromatic amines is 1. The van der Waals surface area contributed by atoms with E-state index in [-0.39, 0.29) is 18.0 Å². The molecule has 1 aliphatic heterocycles. The van der Waals surface area contributed by atoms with Gasteiger partial charge < -0.3 is 9.72 Å². The van der Waals surface area contributed by atoms with Crippen molar-refractivity contribution in [2.75, 3.05) is 13.7 Å². The number of nitrogens with zero attached hydrogens (tertiary/aromatic N) is 3. The van der Waals surface area contributed by atoms with Gasteiger partial charge in [0, 0.05) is 25.9 Å². The number of aryl methyl sites for hydroxylation is 2. The molecule has 0 amide bonds. The van der Waals surface area contributed by atoms with Gasteiger partial charge in [-0.3, -0.25) is 9.88 Å². The molecular formula is C16H21FN4O. The van der Waals surface area contributed by atoms with Crippen LogP contribution in [0.15, 0.2) is 18.3 Å². The van der Waals surface area contributed by atoms with Gasteiger partial charge in [0.1, 0.15) is 11.6 Å². The van der Waals surface area contributed by atoms with Gasteiger partial charge in [-0.25, -0.2) is 9.37 Å². The Balaban J connectivity index is 1.81. The van der Waals surface area contributed by atoms with Gasteiger partial charge in [0.2, 0.25) is 0 Å². The standard InChI is InChI=1S/C16H21FN4O/c1-10-11(2)20-16(19-10)15-6-14(22-3)9-21(15)8-13-5-4-12(17)7-18-13/h4-5,7,14-15H,6,8-9H2,1-3H3,(H,19,20)/t14-,15+/m1/s1. The van der Waals surface area contributed by atoms with E-state index in [4.69, 9.17) is 4.74 Å². The number of halogens is 1. The summed E-state index contributed by atoms with van der Waals surface area (Å²) >= 11 is 0. The van der Waals surface area contributed by atoms with Crippen LogP contribution in [0, 0.1) is 19.7 Å². The van der Waals surface area contributed by atoms with E-state index in [1.807, 2.05) is 13.8 Å². The van der Waals surface area contributed by atoms with Crippen molar-refractivity contribution in [1.82, 2.24) is 19.9 Å². The largest absolute Gasteiger partial charge is 0.380 e. The molecule has 0 radical (unpaired) electrons. The molecule has 5 nitrogen and oxygen atoms in total. The van der Waals surface area contributed by atoms with Gasteiger partial charge in [-0.15, -0.1) is 0 Å². The van der Waals surface area contributed by atoms with E-state index in [1.54, 1.807) is 13.2 Å². The fourth-order valence-electron chi connectivity index (χ4n) is 2.93. The first-order valence-electron chi connectivity index (χ1n) is 7.47. The van der Waals surface area contributed by atoms with Crippen LogP contribution < -0.4 is 0 Å². The smallest absolute Gasteiger partial charge is 0.141 e. The number of H-pyrrole nitrogens is 1. The second kappa shape index (κ2) is 6.14. The number of nitrogens with one attached hydrogen (secondary N) is 1. The van der Waals surface area contributed by atoms with E-state index in [1.165, 1.54) is 12.3 Å². The average Bonchev–Trinajstić information content (AvgIpc) is 3.05. The van der Waals surface area contributed by atoms with Gasteiger partial charge in [0.05, 0.1) is 29.7 Å². The lowest BCUT2D eigenvalue weighted by Gasteiger charge is -2.22. The summed E-state index contributed by atoms with van der Waals surface area (Å²) in [6.07, 6.45) is 2.33. The molecule has 0 saturated carbocycles. The molecule has 22 heavy (non-hydrogen) atoms. The normalized spacial score (nSPS) is 22.4. The Kier molecular flexibility index (Phi) is 4.22. The molecule has 0 spiro atoms. The highest BCUT2D eigenvalue weighted by Crippen LogP contribution is 2.33. The molecule has 2 aromatic rings. The third-order valence-electron chi connectivity index (χ3n) is 4.31. The number of aromatic nitrogens is 3. The fraction of sp³-hybridized carbons (Fsp3) is 0.500. The molecule has 2 aromatic heterocycles. The molecule has 2 atom stereocenters. The minimum atomic E-state index is -0.311. The molecule has 0 aliphatic carbocycles. The fourth-order valence-corrected chi connectivity index (χ4v) is 2.93. The number of likely N-dealkylation sites (tertiary alicyclic amines) is 1. The minimum Gasteiger partial charge on any atom is -0.380 e. The van der Waals surface area contributed by atoms with Crippen molar-refractivity contribution < 1.29 is 9.13 Å². The van der Waals surface area contributed by atoms with Crippen LogP contribution in [0.1, 0.15) is 35.4 Å². The number of ether oxygens (including phenoxy) is 1. The molecule has 1 saturated heterocycles. The van der Waals surface area contributed by atoms with E-state index >= 15 is 0 Å². The zero-order chi connectivity index (χ0) is 15.7. The summed E-state index contributed by atoms with van der Waals surface area (Å²) in [6, 6.07) is 3.34. The summed E-state index contributed by atoms with van der Waals surface area (Å²) in [5.74, 6) is 0.658. The number of rotatable bonds is 4. The maximum Gasteiger partial charge on any atom is 0.141 e. The van der Waals surface area contributed by atoms with Crippen molar-refractivity contribution >= 4 is 0 Å². The van der Waals surface area contributed by atoms with Crippen molar-refractivity contribution in [2.45, 2.75) is 39.0 Å². The van der Waals surface area contributed by atoms with Crippen molar-refractivity contribution in [3.8, 4) is 0 Å². The maximum absolute atomic E-state index is 13.0. The lowest BCUT2D eigenvalue weighted by Crippen LogP contribution is -2.25. The number of hydrogen-bond donors (Lipinski definition) is 1. The Morgan fingerprint density at radius 1 is 1.41 bits per heavy atom. The Bertz CT molecular complexity index is 621. The first-order chi connectivity index (χ1) is 10.6. The molecule has 3 heterocycles. The van der Waals surface area contributed by atoms with Crippen LogP contribution >= 0.6 is 0 Å². The summed E-state index contributed by atoms with van der Waals surface area (Å²) in [7, 11) is 1.74. The topological polar surface area (TPSA) is 54.0 Å². The van der Waals surface area contributed by atoms with Gasteiger partial charge in [-0.1, -0.05) is 0 Å². The van der Waals surface area contributed by atoms with Gasteiger partial charge in [-0.05, 0) is 32.4 Å². The number of imidazole rings is 1. The Labute approximate surface area is 129 Å². The summed E-state index contributed by atoms with van der Waals surface area (Å²) < 4.78 is 18.5. The molecule has 118 valence electrons. The molecule has 1 aliphatic rings. The van der Waals surface area contributed by atoms with E-state index in [2.05, 4.69) is 19.9 Å². The molecule has 3 rings (SSSR count). The number of methoxy groups -OCH3 is 1. The molecule has 0 aromatic carbocycles. The number of hydrogen-bond acceptors (Lipinski definition) is 4. The summed E-state index contributed by atoms with van der Waals surface area (Å²) in [6.45, 7) is 5.51. The van der Waals surface area contributed by atoms with Gasteiger partial charge in [0.15, 0.2) is 0 Å². The van der Waals surface area contributed by atoms with Crippen molar-refractivity contribution in [3.63, 3.8) is 0 Å². The molecular weight excluding hydrogens is 283 g/mol. The first kappa shape index (κ1) is 15.1. The van der Waals surface area contributed by atoms with Crippen LogP contribution in [0.5, 0.6) is 0 Å². The lowest BCUT2D eigenvalue weighted by atomic mass is 10.2. The average molecular weight is 304 g/mol. The lowest BCUT2D eigenvalue weighted by molar-refractivity contribution is 0.107. The van der Waals surface area contributed by atoms with E-state index in [0.29, 0.717) is 6.54 Å². The van der Waals surface area contributed by atoms with Gasteiger partial charge in [0.25, 0.3) is 0 Å². The monoisotopic (exact) mass is 304 g/mol. The Hall–Kier alpha value is -1.79. The summed E-state index contributed by atoms with van der Waals surface area (Å²) in [5, 5.41) is 0. The third kappa shape index (κ3) is 3.03. The van der Waals surface area contributed by atoms with Crippen LogP contribution in [-0.2, 0) is 11.3 Å². The van der Waals surface area contributed by atoms with Crippen LogP contribution in [0.4, 0.5) is 4.39 Å². The van der Waals surface area contributed by atoms with E-state index < -0.39 is 0 Å².